The van der Waals surface area contributed by atoms with Gasteiger partial charge < -0.3 is 19.9 Å². The molecule has 4 rings (SSSR count). The highest BCUT2D eigenvalue weighted by Gasteiger charge is 2.30. The molecule has 0 atom stereocenters. The molecule has 2 amide bonds. The summed E-state index contributed by atoms with van der Waals surface area (Å²) in [4.78, 5) is 29.5. The number of benzene rings is 3. The summed E-state index contributed by atoms with van der Waals surface area (Å²) in [6.45, 7) is 9.01. The molecule has 0 spiro atoms. The van der Waals surface area contributed by atoms with Crippen molar-refractivity contribution < 1.29 is 14.3 Å². The van der Waals surface area contributed by atoms with E-state index in [9.17, 15) is 9.59 Å². The number of rotatable bonds is 6. The van der Waals surface area contributed by atoms with Gasteiger partial charge in [-0.25, -0.2) is 0 Å². The fourth-order valence-electron chi connectivity index (χ4n) is 4.14. The van der Waals surface area contributed by atoms with E-state index in [-0.39, 0.29) is 17.2 Å². The minimum absolute atomic E-state index is 0.167. The van der Waals surface area contributed by atoms with Crippen LogP contribution in [0.25, 0.3) is 0 Å². The van der Waals surface area contributed by atoms with Crippen molar-refractivity contribution in [3.8, 4) is 5.75 Å². The van der Waals surface area contributed by atoms with Gasteiger partial charge in [0.15, 0.2) is 0 Å². The minimum atomic E-state index is -0.382. The molecule has 1 aliphatic rings. The summed E-state index contributed by atoms with van der Waals surface area (Å²) in [7, 11) is 0. The van der Waals surface area contributed by atoms with Crippen LogP contribution in [0.2, 0.25) is 5.02 Å². The summed E-state index contributed by atoms with van der Waals surface area (Å²) in [6, 6.07) is 22.5. The number of piperazine rings is 1. The van der Waals surface area contributed by atoms with Crippen LogP contribution in [0.5, 0.6) is 5.75 Å². The van der Waals surface area contributed by atoms with Crippen LogP contribution in [-0.4, -0.2) is 42.9 Å². The SMILES string of the molecule is CC(C)(C)C(=O)N1CCN(c2ccc(NC(=O)c3cccc(OCc4ccccc4)c3)cc2Cl)CC1. The van der Waals surface area contributed by atoms with Crippen molar-refractivity contribution in [2.45, 2.75) is 27.4 Å². The van der Waals surface area contributed by atoms with Gasteiger partial charge in [0.25, 0.3) is 5.91 Å². The lowest BCUT2D eigenvalue weighted by molar-refractivity contribution is -0.139. The number of halogens is 1. The number of amides is 2. The molecule has 0 unspecified atom stereocenters. The second kappa shape index (κ2) is 11.0. The van der Waals surface area contributed by atoms with Crippen LogP contribution < -0.4 is 15.0 Å². The Morgan fingerprint density at radius 2 is 1.64 bits per heavy atom. The molecule has 0 aromatic heterocycles. The Morgan fingerprint density at radius 1 is 0.917 bits per heavy atom. The van der Waals surface area contributed by atoms with Crippen molar-refractivity contribution in [2.75, 3.05) is 36.4 Å². The van der Waals surface area contributed by atoms with Gasteiger partial charge in [-0.15, -0.1) is 0 Å². The van der Waals surface area contributed by atoms with Gasteiger partial charge >= 0.3 is 0 Å². The number of nitrogens with one attached hydrogen (secondary N) is 1. The highest BCUT2D eigenvalue weighted by molar-refractivity contribution is 6.33. The van der Waals surface area contributed by atoms with Crippen molar-refractivity contribution in [3.63, 3.8) is 0 Å². The summed E-state index contributed by atoms with van der Waals surface area (Å²) in [5, 5.41) is 3.48. The molecular weight excluding hydrogens is 474 g/mol. The number of carbonyl (C=O) groups is 2. The molecule has 1 aliphatic heterocycles. The molecule has 0 radical (unpaired) electrons. The minimum Gasteiger partial charge on any atom is -0.489 e. The van der Waals surface area contributed by atoms with E-state index >= 15 is 0 Å². The Balaban J connectivity index is 1.35. The van der Waals surface area contributed by atoms with E-state index in [4.69, 9.17) is 16.3 Å². The van der Waals surface area contributed by atoms with Crippen molar-refractivity contribution in [1.29, 1.82) is 0 Å². The smallest absolute Gasteiger partial charge is 0.255 e. The maximum atomic E-state index is 12.9. The van der Waals surface area contributed by atoms with Gasteiger partial charge in [-0.3, -0.25) is 9.59 Å². The quantitative estimate of drug-likeness (QED) is 0.455. The fraction of sp³-hybridized carbons (Fsp3) is 0.310. The van der Waals surface area contributed by atoms with Crippen molar-refractivity contribution in [3.05, 3.63) is 88.9 Å². The Labute approximate surface area is 217 Å². The lowest BCUT2D eigenvalue weighted by atomic mass is 9.94. The van der Waals surface area contributed by atoms with E-state index in [1.807, 2.05) is 74.2 Å². The molecule has 3 aromatic carbocycles. The van der Waals surface area contributed by atoms with Crippen molar-refractivity contribution >= 4 is 34.8 Å². The third kappa shape index (κ3) is 6.38. The Hall–Kier alpha value is -3.51. The number of nitrogens with zero attached hydrogens (tertiary/aromatic N) is 2. The highest BCUT2D eigenvalue weighted by Crippen LogP contribution is 2.30. The Morgan fingerprint density at radius 3 is 2.31 bits per heavy atom. The second-order valence-electron chi connectivity index (χ2n) is 9.95. The summed E-state index contributed by atoms with van der Waals surface area (Å²) < 4.78 is 5.84. The number of hydrogen-bond acceptors (Lipinski definition) is 4. The molecule has 1 N–H and O–H groups in total. The molecule has 6 nitrogen and oxygen atoms in total. The van der Waals surface area contributed by atoms with Crippen LogP contribution in [0.15, 0.2) is 72.8 Å². The monoisotopic (exact) mass is 505 g/mol. The van der Waals surface area contributed by atoms with Gasteiger partial charge in [-0.2, -0.15) is 0 Å². The van der Waals surface area contributed by atoms with E-state index in [1.165, 1.54) is 0 Å². The molecular formula is C29H32ClN3O3. The first-order valence-electron chi connectivity index (χ1n) is 12.1. The molecule has 188 valence electrons. The molecule has 0 aliphatic carbocycles. The van der Waals surface area contributed by atoms with Gasteiger partial charge in [0, 0.05) is 42.8 Å². The normalized spacial score (nSPS) is 13.9. The zero-order chi connectivity index (χ0) is 25.7. The maximum absolute atomic E-state index is 12.9. The van der Waals surface area contributed by atoms with Crippen LogP contribution in [0.4, 0.5) is 11.4 Å². The van der Waals surface area contributed by atoms with Gasteiger partial charge in [0.05, 0.1) is 10.7 Å². The largest absolute Gasteiger partial charge is 0.489 e. The average molecular weight is 506 g/mol. The third-order valence-electron chi connectivity index (χ3n) is 6.10. The molecule has 1 fully saturated rings. The summed E-state index contributed by atoms with van der Waals surface area (Å²) in [5.74, 6) is 0.558. The molecule has 3 aromatic rings. The molecule has 0 saturated carbocycles. The van der Waals surface area contributed by atoms with E-state index < -0.39 is 0 Å². The second-order valence-corrected chi connectivity index (χ2v) is 10.4. The van der Waals surface area contributed by atoms with E-state index in [1.54, 1.807) is 24.3 Å². The molecule has 7 heteroatoms. The fourth-order valence-corrected chi connectivity index (χ4v) is 4.44. The first-order chi connectivity index (χ1) is 17.2. The van der Waals surface area contributed by atoms with E-state index in [0.29, 0.717) is 54.8 Å². The molecule has 1 saturated heterocycles. The van der Waals surface area contributed by atoms with Gasteiger partial charge in [0.1, 0.15) is 12.4 Å². The van der Waals surface area contributed by atoms with Crippen LogP contribution >= 0.6 is 11.6 Å². The topological polar surface area (TPSA) is 61.9 Å². The zero-order valence-corrected chi connectivity index (χ0v) is 21.7. The number of hydrogen-bond donors (Lipinski definition) is 1. The summed E-state index contributed by atoms with van der Waals surface area (Å²) in [5.41, 5.74) is 2.69. The predicted octanol–water partition coefficient (Wildman–Crippen LogP) is 5.87. The number of carbonyl (C=O) groups excluding carboxylic acids is 2. The molecule has 36 heavy (non-hydrogen) atoms. The van der Waals surface area contributed by atoms with E-state index in [0.717, 1.165) is 11.3 Å². The van der Waals surface area contributed by atoms with Crippen molar-refractivity contribution in [1.82, 2.24) is 4.90 Å². The van der Waals surface area contributed by atoms with E-state index in [2.05, 4.69) is 10.2 Å². The number of anilines is 2. The standard InChI is InChI=1S/C29H32ClN3O3/c1-29(2,3)28(35)33-16-14-32(15-17-33)26-13-12-23(19-25(26)30)31-27(34)22-10-7-11-24(18-22)36-20-21-8-5-4-6-9-21/h4-13,18-19H,14-17,20H2,1-3H3,(H,31,34). The molecule has 0 bridgehead atoms. The first kappa shape index (κ1) is 25.6. The predicted molar refractivity (Wildman–Crippen MR) is 145 cm³/mol. The number of ether oxygens (including phenoxy) is 1. The van der Waals surface area contributed by atoms with Crippen molar-refractivity contribution in [2.24, 2.45) is 5.41 Å². The van der Waals surface area contributed by atoms with Crippen LogP contribution in [-0.2, 0) is 11.4 Å². The lowest BCUT2D eigenvalue weighted by Gasteiger charge is -2.39. The Bertz CT molecular complexity index is 1220. The molecule has 1 heterocycles. The van der Waals surface area contributed by atoms with Crippen LogP contribution in [0.1, 0.15) is 36.7 Å². The maximum Gasteiger partial charge on any atom is 0.255 e. The zero-order valence-electron chi connectivity index (χ0n) is 21.0. The summed E-state index contributed by atoms with van der Waals surface area (Å²) >= 11 is 6.59. The van der Waals surface area contributed by atoms with Crippen LogP contribution in [0, 0.1) is 5.41 Å². The van der Waals surface area contributed by atoms with Gasteiger partial charge in [0.2, 0.25) is 5.91 Å². The third-order valence-corrected chi connectivity index (χ3v) is 6.40. The summed E-state index contributed by atoms with van der Waals surface area (Å²) in [6.07, 6.45) is 0. The van der Waals surface area contributed by atoms with Gasteiger partial charge in [-0.1, -0.05) is 68.8 Å². The van der Waals surface area contributed by atoms with Crippen LogP contribution in [0.3, 0.4) is 0 Å². The highest BCUT2D eigenvalue weighted by atomic mass is 35.5. The first-order valence-corrected chi connectivity index (χ1v) is 12.5. The average Bonchev–Trinajstić information content (AvgIpc) is 2.87. The Kier molecular flexibility index (Phi) is 7.85. The lowest BCUT2D eigenvalue weighted by Crippen LogP contribution is -2.51. The van der Waals surface area contributed by atoms with Gasteiger partial charge in [-0.05, 0) is 42.0 Å².